The minimum atomic E-state index is -0.865. The molecule has 21 heavy (non-hydrogen) atoms. The third kappa shape index (κ3) is 3.16. The zero-order valence-corrected chi connectivity index (χ0v) is 12.9. The van der Waals surface area contributed by atoms with Gasteiger partial charge in [0.2, 0.25) is 0 Å². The summed E-state index contributed by atoms with van der Waals surface area (Å²) in [5.74, 6) is 0.618. The quantitative estimate of drug-likeness (QED) is 0.914. The lowest BCUT2D eigenvalue weighted by Crippen LogP contribution is -2.39. The molecule has 0 aliphatic rings. The Labute approximate surface area is 125 Å². The minimum absolute atomic E-state index is 0.167. The molecule has 0 fully saturated rings. The summed E-state index contributed by atoms with van der Waals surface area (Å²) in [5.41, 5.74) is -0.111. The topological polar surface area (TPSA) is 47.6 Å². The van der Waals surface area contributed by atoms with Crippen LogP contribution in [-0.2, 0) is 9.53 Å². The van der Waals surface area contributed by atoms with E-state index in [-0.39, 0.29) is 5.91 Å². The van der Waals surface area contributed by atoms with Gasteiger partial charge in [-0.3, -0.25) is 4.79 Å². The Balaban J connectivity index is 2.38. The van der Waals surface area contributed by atoms with E-state index >= 15 is 0 Å². The predicted molar refractivity (Wildman–Crippen MR) is 84.8 cm³/mol. The van der Waals surface area contributed by atoms with Crippen LogP contribution in [0.3, 0.4) is 0 Å². The summed E-state index contributed by atoms with van der Waals surface area (Å²) in [6.07, 6.45) is 0. The second-order valence-corrected chi connectivity index (χ2v) is 5.26. The van der Waals surface area contributed by atoms with Crippen molar-refractivity contribution in [2.24, 2.45) is 0 Å². The summed E-state index contributed by atoms with van der Waals surface area (Å²) >= 11 is 0. The van der Waals surface area contributed by atoms with Crippen molar-refractivity contribution in [2.75, 3.05) is 19.0 Å². The highest BCUT2D eigenvalue weighted by atomic mass is 16.5. The second-order valence-electron chi connectivity index (χ2n) is 5.26. The van der Waals surface area contributed by atoms with Gasteiger partial charge in [0, 0.05) is 23.1 Å². The fourth-order valence-electron chi connectivity index (χ4n) is 2.26. The molecule has 0 aromatic heterocycles. The van der Waals surface area contributed by atoms with E-state index in [0.29, 0.717) is 6.61 Å². The SMILES string of the molecule is CCOC(C)(C)C(=O)Nc1ccc(OC)c2ccccc12. The lowest BCUT2D eigenvalue weighted by Gasteiger charge is -2.24. The highest BCUT2D eigenvalue weighted by Gasteiger charge is 2.28. The van der Waals surface area contributed by atoms with E-state index in [1.54, 1.807) is 21.0 Å². The van der Waals surface area contributed by atoms with Crippen molar-refractivity contribution in [1.82, 2.24) is 0 Å². The van der Waals surface area contributed by atoms with Crippen LogP contribution in [0.15, 0.2) is 36.4 Å². The molecule has 4 nitrogen and oxygen atoms in total. The zero-order valence-electron chi connectivity index (χ0n) is 12.9. The Hall–Kier alpha value is -2.07. The van der Waals surface area contributed by atoms with Gasteiger partial charge in [0.15, 0.2) is 0 Å². The van der Waals surface area contributed by atoms with E-state index in [1.165, 1.54) is 0 Å². The molecular formula is C17H21NO3. The van der Waals surface area contributed by atoms with Crippen molar-refractivity contribution in [1.29, 1.82) is 0 Å². The first kappa shape index (κ1) is 15.3. The van der Waals surface area contributed by atoms with E-state index in [1.807, 2.05) is 43.3 Å². The molecule has 0 heterocycles. The van der Waals surface area contributed by atoms with E-state index in [0.717, 1.165) is 22.2 Å². The molecule has 0 bridgehead atoms. The van der Waals surface area contributed by atoms with E-state index in [4.69, 9.17) is 9.47 Å². The number of hydrogen-bond acceptors (Lipinski definition) is 3. The van der Waals surface area contributed by atoms with E-state index in [2.05, 4.69) is 5.32 Å². The van der Waals surface area contributed by atoms with Crippen LogP contribution in [0.1, 0.15) is 20.8 Å². The number of nitrogens with one attached hydrogen (secondary N) is 1. The van der Waals surface area contributed by atoms with Crippen LogP contribution in [0.4, 0.5) is 5.69 Å². The molecule has 0 spiro atoms. The normalized spacial score (nSPS) is 11.4. The number of benzene rings is 2. The Bertz CT molecular complexity index is 650. The van der Waals surface area contributed by atoms with Gasteiger partial charge in [-0.1, -0.05) is 24.3 Å². The lowest BCUT2D eigenvalue weighted by molar-refractivity contribution is -0.136. The fourth-order valence-corrected chi connectivity index (χ4v) is 2.26. The molecular weight excluding hydrogens is 266 g/mol. The van der Waals surface area contributed by atoms with Gasteiger partial charge in [-0.25, -0.2) is 0 Å². The molecule has 0 radical (unpaired) electrons. The monoisotopic (exact) mass is 287 g/mol. The van der Waals surface area contributed by atoms with Gasteiger partial charge in [-0.15, -0.1) is 0 Å². The molecule has 0 aliphatic heterocycles. The number of fused-ring (bicyclic) bond motifs is 1. The van der Waals surface area contributed by atoms with Crippen molar-refractivity contribution in [2.45, 2.75) is 26.4 Å². The number of amides is 1. The van der Waals surface area contributed by atoms with Gasteiger partial charge in [-0.05, 0) is 32.9 Å². The van der Waals surface area contributed by atoms with Crippen LogP contribution in [0.25, 0.3) is 10.8 Å². The van der Waals surface area contributed by atoms with E-state index in [9.17, 15) is 4.79 Å². The smallest absolute Gasteiger partial charge is 0.256 e. The summed E-state index contributed by atoms with van der Waals surface area (Å²) < 4.78 is 10.8. The van der Waals surface area contributed by atoms with Gasteiger partial charge >= 0.3 is 0 Å². The maximum Gasteiger partial charge on any atom is 0.256 e. The average molecular weight is 287 g/mol. The molecule has 0 aliphatic carbocycles. The summed E-state index contributed by atoms with van der Waals surface area (Å²) in [6, 6.07) is 11.5. The number of methoxy groups -OCH3 is 1. The molecule has 2 aromatic rings. The number of carbonyl (C=O) groups is 1. The van der Waals surface area contributed by atoms with Crippen molar-refractivity contribution < 1.29 is 14.3 Å². The largest absolute Gasteiger partial charge is 0.496 e. The summed E-state index contributed by atoms with van der Waals surface area (Å²) in [4.78, 5) is 12.4. The standard InChI is InChI=1S/C17H21NO3/c1-5-21-17(2,3)16(19)18-14-10-11-15(20-4)13-9-7-6-8-12(13)14/h6-11H,5H2,1-4H3,(H,18,19). The minimum Gasteiger partial charge on any atom is -0.496 e. The number of carbonyl (C=O) groups excluding carboxylic acids is 1. The molecule has 2 rings (SSSR count). The number of hydrogen-bond donors (Lipinski definition) is 1. The highest BCUT2D eigenvalue weighted by Crippen LogP contribution is 2.31. The zero-order chi connectivity index (χ0) is 15.5. The molecule has 4 heteroatoms. The molecule has 0 unspecified atom stereocenters. The second kappa shape index (κ2) is 6.14. The Kier molecular flexibility index (Phi) is 4.48. The van der Waals surface area contributed by atoms with Crippen LogP contribution in [0.5, 0.6) is 5.75 Å². The number of rotatable bonds is 5. The summed E-state index contributed by atoms with van der Waals surface area (Å²) in [5, 5.41) is 4.85. The predicted octanol–water partition coefficient (Wildman–Crippen LogP) is 3.60. The van der Waals surface area contributed by atoms with Crippen LogP contribution in [-0.4, -0.2) is 25.2 Å². The van der Waals surface area contributed by atoms with Crippen LogP contribution < -0.4 is 10.1 Å². The lowest BCUT2D eigenvalue weighted by atomic mass is 10.1. The number of ether oxygens (including phenoxy) is 2. The van der Waals surface area contributed by atoms with Gasteiger partial charge in [0.1, 0.15) is 11.4 Å². The van der Waals surface area contributed by atoms with Crippen molar-refractivity contribution >= 4 is 22.4 Å². The first-order chi connectivity index (χ1) is 9.99. The van der Waals surface area contributed by atoms with E-state index < -0.39 is 5.60 Å². The van der Waals surface area contributed by atoms with Crippen LogP contribution >= 0.6 is 0 Å². The molecule has 0 saturated heterocycles. The van der Waals surface area contributed by atoms with Crippen molar-refractivity contribution in [3.8, 4) is 5.75 Å². The Morgan fingerprint density at radius 2 is 1.81 bits per heavy atom. The molecule has 1 N–H and O–H groups in total. The van der Waals surface area contributed by atoms with Crippen molar-refractivity contribution in [3.63, 3.8) is 0 Å². The summed E-state index contributed by atoms with van der Waals surface area (Å²) in [6.45, 7) is 5.89. The molecule has 112 valence electrons. The summed E-state index contributed by atoms with van der Waals surface area (Å²) in [7, 11) is 1.64. The van der Waals surface area contributed by atoms with Gasteiger partial charge in [0.25, 0.3) is 5.91 Å². The van der Waals surface area contributed by atoms with Crippen molar-refractivity contribution in [3.05, 3.63) is 36.4 Å². The highest BCUT2D eigenvalue weighted by molar-refractivity contribution is 6.06. The van der Waals surface area contributed by atoms with Gasteiger partial charge < -0.3 is 14.8 Å². The molecule has 1 amide bonds. The van der Waals surface area contributed by atoms with Gasteiger partial charge in [-0.2, -0.15) is 0 Å². The van der Waals surface area contributed by atoms with Crippen LogP contribution in [0, 0.1) is 0 Å². The maximum absolute atomic E-state index is 12.4. The Morgan fingerprint density at radius 3 is 2.43 bits per heavy atom. The third-order valence-electron chi connectivity index (χ3n) is 3.40. The average Bonchev–Trinajstić information content (AvgIpc) is 2.47. The Morgan fingerprint density at radius 1 is 1.14 bits per heavy atom. The molecule has 2 aromatic carbocycles. The molecule has 0 saturated carbocycles. The first-order valence-electron chi connectivity index (χ1n) is 7.00. The fraction of sp³-hybridized carbons (Fsp3) is 0.353. The molecule has 0 atom stereocenters. The van der Waals surface area contributed by atoms with Crippen LogP contribution in [0.2, 0.25) is 0 Å². The van der Waals surface area contributed by atoms with Gasteiger partial charge in [0.05, 0.1) is 7.11 Å². The number of anilines is 1. The maximum atomic E-state index is 12.4. The first-order valence-corrected chi connectivity index (χ1v) is 7.00. The third-order valence-corrected chi connectivity index (χ3v) is 3.40.